The molecule has 0 bridgehead atoms. The van der Waals surface area contributed by atoms with Crippen molar-refractivity contribution in [1.29, 1.82) is 0 Å². The number of benzene rings is 2. The summed E-state index contributed by atoms with van der Waals surface area (Å²) in [4.78, 5) is 4.47. The number of thioether (sulfide) groups is 1. The Kier molecular flexibility index (Phi) is 5.38. The zero-order valence-corrected chi connectivity index (χ0v) is 16.4. The van der Waals surface area contributed by atoms with Gasteiger partial charge in [-0.05, 0) is 19.1 Å². The number of methoxy groups -OCH3 is 1. The van der Waals surface area contributed by atoms with E-state index < -0.39 is 0 Å². The number of hydrogen-bond acceptors (Lipinski definition) is 7. The van der Waals surface area contributed by atoms with E-state index in [1.54, 1.807) is 7.11 Å². The third-order valence-corrected chi connectivity index (χ3v) is 5.16. The number of para-hydroxylation sites is 1. The first kappa shape index (κ1) is 18.2. The minimum Gasteiger partial charge on any atom is -0.496 e. The van der Waals surface area contributed by atoms with Crippen LogP contribution in [0.25, 0.3) is 22.8 Å². The second-order valence-electron chi connectivity index (χ2n) is 5.92. The van der Waals surface area contributed by atoms with Crippen molar-refractivity contribution >= 4 is 11.8 Å². The molecular weight excluding hydrogens is 374 g/mol. The van der Waals surface area contributed by atoms with Crippen LogP contribution in [-0.4, -0.2) is 32.0 Å². The number of rotatable bonds is 7. The zero-order chi connectivity index (χ0) is 19.3. The van der Waals surface area contributed by atoms with Crippen molar-refractivity contribution in [3.05, 3.63) is 60.5 Å². The molecule has 0 fully saturated rings. The minimum absolute atomic E-state index is 0.518. The van der Waals surface area contributed by atoms with Crippen LogP contribution in [0.15, 0.2) is 64.3 Å². The maximum atomic E-state index is 5.46. The molecule has 28 heavy (non-hydrogen) atoms. The van der Waals surface area contributed by atoms with Gasteiger partial charge in [0.2, 0.25) is 11.7 Å². The Morgan fingerprint density at radius 3 is 2.61 bits per heavy atom. The van der Waals surface area contributed by atoms with Crippen LogP contribution in [0.5, 0.6) is 5.75 Å². The van der Waals surface area contributed by atoms with Gasteiger partial charge in [0.1, 0.15) is 5.75 Å². The lowest BCUT2D eigenvalue weighted by Gasteiger charge is -2.09. The van der Waals surface area contributed by atoms with Crippen molar-refractivity contribution in [3.8, 4) is 28.5 Å². The number of nitrogens with zero attached hydrogens (tertiary/aromatic N) is 5. The summed E-state index contributed by atoms with van der Waals surface area (Å²) in [5.74, 6) is 3.20. The van der Waals surface area contributed by atoms with E-state index in [0.29, 0.717) is 17.5 Å². The van der Waals surface area contributed by atoms with Crippen molar-refractivity contribution in [2.45, 2.75) is 24.4 Å². The summed E-state index contributed by atoms with van der Waals surface area (Å²) < 4.78 is 12.9. The standard InChI is InChI=1S/C20H19N5O2S/c1-3-25-19(15-11-7-8-12-16(15)26-2)22-23-20(25)28-13-17-21-18(24-27-17)14-9-5-4-6-10-14/h4-12H,3,13H2,1-2H3. The van der Waals surface area contributed by atoms with Crippen LogP contribution in [0.4, 0.5) is 0 Å². The van der Waals surface area contributed by atoms with Crippen LogP contribution in [0.3, 0.4) is 0 Å². The third kappa shape index (κ3) is 3.63. The van der Waals surface area contributed by atoms with E-state index in [4.69, 9.17) is 9.26 Å². The first-order valence-corrected chi connectivity index (χ1v) is 9.86. The minimum atomic E-state index is 0.518. The van der Waals surface area contributed by atoms with Gasteiger partial charge >= 0.3 is 0 Å². The molecule has 0 atom stereocenters. The first-order valence-electron chi connectivity index (χ1n) is 8.87. The molecule has 142 valence electrons. The van der Waals surface area contributed by atoms with E-state index in [9.17, 15) is 0 Å². The maximum Gasteiger partial charge on any atom is 0.237 e. The van der Waals surface area contributed by atoms with Gasteiger partial charge in [-0.3, -0.25) is 0 Å². The van der Waals surface area contributed by atoms with Gasteiger partial charge in [0.25, 0.3) is 0 Å². The smallest absolute Gasteiger partial charge is 0.237 e. The second kappa shape index (κ2) is 8.26. The Hall–Kier alpha value is -3.13. The summed E-state index contributed by atoms with van der Waals surface area (Å²) >= 11 is 1.51. The molecule has 0 spiro atoms. The van der Waals surface area contributed by atoms with E-state index in [-0.39, 0.29) is 0 Å². The van der Waals surface area contributed by atoms with Crippen LogP contribution < -0.4 is 4.74 Å². The Balaban J connectivity index is 1.53. The SMILES string of the molecule is CCn1c(SCc2nc(-c3ccccc3)no2)nnc1-c1ccccc1OC. The molecule has 4 aromatic rings. The summed E-state index contributed by atoms with van der Waals surface area (Å²) in [6, 6.07) is 17.6. The molecule has 0 aliphatic carbocycles. The van der Waals surface area contributed by atoms with Gasteiger partial charge in [0.15, 0.2) is 11.0 Å². The summed E-state index contributed by atoms with van der Waals surface area (Å²) in [5, 5.41) is 13.6. The lowest BCUT2D eigenvalue weighted by molar-refractivity contribution is 0.391. The van der Waals surface area contributed by atoms with Gasteiger partial charge in [0, 0.05) is 12.1 Å². The van der Waals surface area contributed by atoms with E-state index in [1.807, 2.05) is 54.6 Å². The highest BCUT2D eigenvalue weighted by atomic mass is 32.2. The van der Waals surface area contributed by atoms with Crippen LogP contribution >= 0.6 is 11.8 Å². The molecule has 2 aromatic carbocycles. The van der Waals surface area contributed by atoms with Gasteiger partial charge in [0.05, 0.1) is 18.4 Å². The van der Waals surface area contributed by atoms with Crippen molar-refractivity contribution in [2.24, 2.45) is 0 Å². The van der Waals surface area contributed by atoms with Crippen molar-refractivity contribution in [1.82, 2.24) is 24.9 Å². The van der Waals surface area contributed by atoms with Crippen LogP contribution in [0, 0.1) is 0 Å². The van der Waals surface area contributed by atoms with Gasteiger partial charge in [-0.2, -0.15) is 4.98 Å². The van der Waals surface area contributed by atoms with E-state index in [0.717, 1.165) is 34.4 Å². The molecule has 0 aliphatic rings. The fourth-order valence-corrected chi connectivity index (χ4v) is 3.69. The molecule has 0 saturated heterocycles. The maximum absolute atomic E-state index is 5.46. The van der Waals surface area contributed by atoms with Crippen LogP contribution in [-0.2, 0) is 12.3 Å². The molecule has 0 aliphatic heterocycles. The summed E-state index contributed by atoms with van der Waals surface area (Å²) in [6.45, 7) is 2.80. The molecule has 0 saturated carbocycles. The Morgan fingerprint density at radius 1 is 1.04 bits per heavy atom. The van der Waals surface area contributed by atoms with Gasteiger partial charge in [-0.1, -0.05) is 59.4 Å². The normalized spacial score (nSPS) is 10.9. The highest BCUT2D eigenvalue weighted by Gasteiger charge is 2.17. The predicted octanol–water partition coefficient (Wildman–Crippen LogP) is 4.32. The van der Waals surface area contributed by atoms with Crippen molar-refractivity contribution < 1.29 is 9.26 Å². The summed E-state index contributed by atoms with van der Waals surface area (Å²) in [5.41, 5.74) is 1.84. The number of ether oxygens (including phenoxy) is 1. The topological polar surface area (TPSA) is 78.9 Å². The van der Waals surface area contributed by atoms with Gasteiger partial charge in [-0.15, -0.1) is 10.2 Å². The molecule has 0 radical (unpaired) electrons. The molecule has 4 rings (SSSR count). The molecule has 7 nitrogen and oxygen atoms in total. The molecule has 8 heteroatoms. The van der Waals surface area contributed by atoms with Crippen molar-refractivity contribution in [2.75, 3.05) is 7.11 Å². The third-order valence-electron chi connectivity index (χ3n) is 4.21. The molecule has 2 aromatic heterocycles. The first-order chi connectivity index (χ1) is 13.8. The predicted molar refractivity (Wildman–Crippen MR) is 107 cm³/mol. The van der Waals surface area contributed by atoms with E-state index in [2.05, 4.69) is 31.8 Å². The number of hydrogen-bond donors (Lipinski definition) is 0. The highest BCUT2D eigenvalue weighted by molar-refractivity contribution is 7.98. The monoisotopic (exact) mass is 393 g/mol. The van der Waals surface area contributed by atoms with Crippen molar-refractivity contribution in [3.63, 3.8) is 0 Å². The molecule has 0 amide bonds. The van der Waals surface area contributed by atoms with E-state index >= 15 is 0 Å². The zero-order valence-electron chi connectivity index (χ0n) is 15.6. The fourth-order valence-electron chi connectivity index (χ4n) is 2.85. The molecule has 0 N–H and O–H groups in total. The van der Waals surface area contributed by atoms with Crippen LogP contribution in [0.2, 0.25) is 0 Å². The lowest BCUT2D eigenvalue weighted by Crippen LogP contribution is -2.01. The Morgan fingerprint density at radius 2 is 1.82 bits per heavy atom. The number of aromatic nitrogens is 5. The Bertz CT molecular complexity index is 1060. The summed E-state index contributed by atoms with van der Waals surface area (Å²) in [6.07, 6.45) is 0. The van der Waals surface area contributed by atoms with Gasteiger partial charge < -0.3 is 13.8 Å². The van der Waals surface area contributed by atoms with E-state index in [1.165, 1.54) is 11.8 Å². The Labute approximate surface area is 166 Å². The fraction of sp³-hybridized carbons (Fsp3) is 0.200. The molecule has 0 unspecified atom stereocenters. The van der Waals surface area contributed by atoms with Crippen LogP contribution in [0.1, 0.15) is 12.8 Å². The largest absolute Gasteiger partial charge is 0.496 e. The summed E-state index contributed by atoms with van der Waals surface area (Å²) in [7, 11) is 1.65. The van der Waals surface area contributed by atoms with Gasteiger partial charge in [-0.25, -0.2) is 0 Å². The second-order valence-corrected chi connectivity index (χ2v) is 6.86. The quantitative estimate of drug-likeness (QED) is 0.433. The average Bonchev–Trinajstić information content (AvgIpc) is 3.39. The molecular formula is C20H19N5O2S. The lowest BCUT2D eigenvalue weighted by atomic mass is 10.2. The average molecular weight is 393 g/mol. The molecule has 2 heterocycles. The highest BCUT2D eigenvalue weighted by Crippen LogP contribution is 2.31.